The fourth-order valence-corrected chi connectivity index (χ4v) is 3.83. The number of carbonyl (C=O) groups is 3. The number of halogens is 1. The number of thiocarbonyl (C=S) groups is 1. The van der Waals surface area contributed by atoms with Crippen LogP contribution >= 0.6 is 23.8 Å². The number of hydrogen-bond acceptors (Lipinski definition) is 4. The van der Waals surface area contributed by atoms with Crippen molar-refractivity contribution in [3.05, 3.63) is 70.9 Å². The van der Waals surface area contributed by atoms with Crippen LogP contribution in [0.25, 0.3) is 17.0 Å². The number of fused-ring (bicyclic) bond motifs is 1. The van der Waals surface area contributed by atoms with Crippen LogP contribution in [0.3, 0.4) is 0 Å². The van der Waals surface area contributed by atoms with Gasteiger partial charge in [0, 0.05) is 22.7 Å². The van der Waals surface area contributed by atoms with Gasteiger partial charge in [-0.15, -0.1) is 0 Å². The van der Waals surface area contributed by atoms with Crippen molar-refractivity contribution in [2.45, 2.75) is 6.54 Å². The van der Waals surface area contributed by atoms with Crippen LogP contribution in [0.15, 0.2) is 60.3 Å². The number of anilines is 1. The predicted molar refractivity (Wildman–Crippen MR) is 117 cm³/mol. The second kappa shape index (κ2) is 7.74. The number of hydrogen-bond donors (Lipinski definition) is 2. The van der Waals surface area contributed by atoms with E-state index in [-0.39, 0.29) is 17.2 Å². The number of nitrogens with zero attached hydrogens (tertiary/aromatic N) is 2. The molecule has 0 unspecified atom stereocenters. The summed E-state index contributed by atoms with van der Waals surface area (Å²) < 4.78 is 1.55. The van der Waals surface area contributed by atoms with Crippen molar-refractivity contribution < 1.29 is 19.5 Å². The van der Waals surface area contributed by atoms with Gasteiger partial charge in [-0.05, 0) is 36.5 Å². The minimum absolute atomic E-state index is 0.0662. The van der Waals surface area contributed by atoms with E-state index in [1.807, 2.05) is 0 Å². The van der Waals surface area contributed by atoms with Gasteiger partial charge < -0.3 is 9.67 Å². The van der Waals surface area contributed by atoms with Gasteiger partial charge in [0.1, 0.15) is 12.1 Å². The Labute approximate surface area is 181 Å². The highest BCUT2D eigenvalue weighted by Gasteiger charge is 2.35. The van der Waals surface area contributed by atoms with Gasteiger partial charge in [0.2, 0.25) is 0 Å². The Morgan fingerprint density at radius 1 is 1.13 bits per heavy atom. The van der Waals surface area contributed by atoms with Crippen LogP contribution in [0, 0.1) is 0 Å². The number of carbonyl (C=O) groups excluding carboxylic acids is 2. The molecule has 9 heteroatoms. The Morgan fingerprint density at radius 3 is 2.57 bits per heavy atom. The zero-order valence-corrected chi connectivity index (χ0v) is 16.9. The number of aromatic nitrogens is 1. The fourth-order valence-electron chi connectivity index (χ4n) is 3.33. The molecule has 2 aromatic carbocycles. The Morgan fingerprint density at radius 2 is 1.83 bits per heavy atom. The van der Waals surface area contributed by atoms with E-state index in [2.05, 4.69) is 5.32 Å². The lowest BCUT2D eigenvalue weighted by atomic mass is 10.1. The van der Waals surface area contributed by atoms with Crippen LogP contribution in [0.5, 0.6) is 0 Å². The molecule has 4 rings (SSSR count). The van der Waals surface area contributed by atoms with Crippen molar-refractivity contribution in [1.29, 1.82) is 0 Å². The average molecular weight is 440 g/mol. The summed E-state index contributed by atoms with van der Waals surface area (Å²) in [6.07, 6.45) is 3.03. The first-order valence-corrected chi connectivity index (χ1v) is 9.61. The molecule has 0 radical (unpaired) electrons. The normalized spacial score (nSPS) is 15.7. The summed E-state index contributed by atoms with van der Waals surface area (Å²) in [6.45, 7) is -0.250. The number of rotatable bonds is 4. The van der Waals surface area contributed by atoms with Crippen LogP contribution in [0.4, 0.5) is 5.69 Å². The molecule has 1 aliphatic rings. The van der Waals surface area contributed by atoms with Crippen molar-refractivity contribution in [3.8, 4) is 0 Å². The Bertz CT molecular complexity index is 1260. The van der Waals surface area contributed by atoms with E-state index < -0.39 is 17.8 Å². The molecular formula is C21H14ClN3O4S. The smallest absolute Gasteiger partial charge is 0.323 e. The molecule has 2 heterocycles. The number of aliphatic carboxylic acids is 1. The Hall–Kier alpha value is -3.49. The maximum atomic E-state index is 13.2. The van der Waals surface area contributed by atoms with E-state index in [0.29, 0.717) is 27.2 Å². The standard InChI is InChI=1S/C21H14ClN3O4S/c22-15-6-2-4-8-17(15)25-20(29)14(19(28)23-21(25)30)9-12-10-24(11-18(26)27)16-7-3-1-5-13(12)16/h1-10H,11H2,(H,26,27)(H,23,28,30). The van der Waals surface area contributed by atoms with E-state index in [1.165, 1.54) is 11.0 Å². The molecule has 2 N–H and O–H groups in total. The van der Waals surface area contributed by atoms with E-state index in [4.69, 9.17) is 28.9 Å². The highest BCUT2D eigenvalue weighted by atomic mass is 35.5. The van der Waals surface area contributed by atoms with E-state index in [0.717, 1.165) is 0 Å². The lowest BCUT2D eigenvalue weighted by molar-refractivity contribution is -0.137. The monoisotopic (exact) mass is 439 g/mol. The molecule has 2 amide bonds. The molecule has 0 atom stereocenters. The summed E-state index contributed by atoms with van der Waals surface area (Å²) in [4.78, 5) is 38.1. The molecule has 0 saturated carbocycles. The molecule has 1 aromatic heterocycles. The highest BCUT2D eigenvalue weighted by Crippen LogP contribution is 2.30. The van der Waals surface area contributed by atoms with Crippen molar-refractivity contribution in [3.63, 3.8) is 0 Å². The second-order valence-corrected chi connectivity index (χ2v) is 7.33. The third kappa shape index (κ3) is 3.47. The number of carboxylic acid groups (broad SMARTS) is 1. The minimum Gasteiger partial charge on any atom is -0.480 e. The van der Waals surface area contributed by atoms with Crippen molar-refractivity contribution in [2.24, 2.45) is 0 Å². The maximum Gasteiger partial charge on any atom is 0.323 e. The molecule has 3 aromatic rings. The van der Waals surface area contributed by atoms with Gasteiger partial charge in [0.05, 0.1) is 10.7 Å². The third-order valence-corrected chi connectivity index (χ3v) is 5.22. The number of carboxylic acids is 1. The maximum absolute atomic E-state index is 13.2. The number of benzene rings is 2. The molecule has 0 bridgehead atoms. The van der Waals surface area contributed by atoms with Crippen LogP contribution in [-0.4, -0.2) is 32.6 Å². The fraction of sp³-hybridized carbons (Fsp3) is 0.0476. The Balaban J connectivity index is 1.82. The van der Waals surface area contributed by atoms with Gasteiger partial charge in [0.15, 0.2) is 5.11 Å². The van der Waals surface area contributed by atoms with Gasteiger partial charge in [-0.2, -0.15) is 0 Å². The molecule has 0 spiro atoms. The van der Waals surface area contributed by atoms with Crippen LogP contribution in [0.1, 0.15) is 5.56 Å². The van der Waals surface area contributed by atoms with Gasteiger partial charge in [0.25, 0.3) is 11.8 Å². The minimum atomic E-state index is -1.00. The van der Waals surface area contributed by atoms with Gasteiger partial charge in [-0.25, -0.2) is 0 Å². The topological polar surface area (TPSA) is 91.6 Å². The summed E-state index contributed by atoms with van der Waals surface area (Å²) in [5.74, 6) is -2.26. The van der Waals surface area contributed by atoms with Crippen LogP contribution < -0.4 is 10.2 Å². The second-order valence-electron chi connectivity index (χ2n) is 6.53. The summed E-state index contributed by atoms with van der Waals surface area (Å²) in [5, 5.41) is 12.6. The molecule has 1 fully saturated rings. The largest absolute Gasteiger partial charge is 0.480 e. The van der Waals surface area contributed by atoms with Gasteiger partial charge in [-0.3, -0.25) is 24.6 Å². The first-order valence-electron chi connectivity index (χ1n) is 8.82. The summed E-state index contributed by atoms with van der Waals surface area (Å²) in [7, 11) is 0. The SMILES string of the molecule is O=C(O)Cn1cc(C=C2C(=O)NC(=S)N(c3ccccc3Cl)C2=O)c2ccccc21. The predicted octanol–water partition coefficient (Wildman–Crippen LogP) is 3.21. The number of para-hydroxylation sites is 2. The lowest BCUT2D eigenvalue weighted by Gasteiger charge is -2.29. The van der Waals surface area contributed by atoms with Crippen molar-refractivity contribution in [1.82, 2.24) is 9.88 Å². The molecule has 0 aliphatic carbocycles. The van der Waals surface area contributed by atoms with Crippen molar-refractivity contribution in [2.75, 3.05) is 4.90 Å². The van der Waals surface area contributed by atoms with Gasteiger partial charge >= 0.3 is 5.97 Å². The zero-order valence-electron chi connectivity index (χ0n) is 15.3. The number of amides is 2. The molecular weight excluding hydrogens is 426 g/mol. The Kier molecular flexibility index (Phi) is 5.11. The van der Waals surface area contributed by atoms with Gasteiger partial charge in [-0.1, -0.05) is 41.9 Å². The van der Waals surface area contributed by atoms with E-state index in [9.17, 15) is 14.4 Å². The molecule has 150 valence electrons. The van der Waals surface area contributed by atoms with Crippen LogP contribution in [0.2, 0.25) is 5.02 Å². The molecule has 30 heavy (non-hydrogen) atoms. The zero-order chi connectivity index (χ0) is 21.4. The number of nitrogens with one attached hydrogen (secondary N) is 1. The third-order valence-electron chi connectivity index (χ3n) is 4.62. The van der Waals surface area contributed by atoms with E-state index in [1.54, 1.807) is 59.3 Å². The average Bonchev–Trinajstić information content (AvgIpc) is 3.03. The molecule has 1 saturated heterocycles. The highest BCUT2D eigenvalue weighted by molar-refractivity contribution is 7.80. The lowest BCUT2D eigenvalue weighted by Crippen LogP contribution is -2.54. The molecule has 7 nitrogen and oxygen atoms in total. The summed E-state index contributed by atoms with van der Waals surface area (Å²) >= 11 is 11.4. The quantitative estimate of drug-likeness (QED) is 0.370. The first kappa shape index (κ1) is 19.8. The van der Waals surface area contributed by atoms with Crippen molar-refractivity contribution >= 4 is 69.4 Å². The molecule has 1 aliphatic heterocycles. The van der Waals surface area contributed by atoms with Crippen LogP contribution in [-0.2, 0) is 20.9 Å². The first-order chi connectivity index (χ1) is 14.4. The summed E-state index contributed by atoms with van der Waals surface area (Å²) in [6, 6.07) is 13.8. The van der Waals surface area contributed by atoms with E-state index >= 15 is 0 Å². The summed E-state index contributed by atoms with van der Waals surface area (Å²) in [5.41, 5.74) is 1.43.